The van der Waals surface area contributed by atoms with Gasteiger partial charge in [0, 0.05) is 26.2 Å². The molecule has 1 aromatic rings. The van der Waals surface area contributed by atoms with Crippen molar-refractivity contribution in [1.82, 2.24) is 20.0 Å². The van der Waals surface area contributed by atoms with Gasteiger partial charge in [-0.2, -0.15) is 5.10 Å². The fraction of sp³-hybridized carbons (Fsp3) is 0.714. The van der Waals surface area contributed by atoms with E-state index in [0.717, 1.165) is 31.6 Å². The summed E-state index contributed by atoms with van der Waals surface area (Å²) < 4.78 is 1.70. The zero-order valence-corrected chi connectivity index (χ0v) is 12.3. The zero-order chi connectivity index (χ0) is 14.0. The second-order valence-electron chi connectivity index (χ2n) is 5.41. The fourth-order valence-corrected chi connectivity index (χ4v) is 2.82. The Morgan fingerprint density at radius 2 is 2.32 bits per heavy atom. The molecule has 1 aromatic heterocycles. The minimum atomic E-state index is 0.108. The van der Waals surface area contributed by atoms with Crippen LogP contribution in [-0.2, 0) is 13.5 Å². The van der Waals surface area contributed by atoms with Crippen molar-refractivity contribution in [2.45, 2.75) is 32.7 Å². The van der Waals surface area contributed by atoms with E-state index in [1.54, 1.807) is 4.68 Å². The van der Waals surface area contributed by atoms with Crippen molar-refractivity contribution < 1.29 is 4.79 Å². The minimum Gasteiger partial charge on any atom is -0.337 e. The highest BCUT2D eigenvalue weighted by atomic mass is 16.2. The Labute approximate surface area is 115 Å². The lowest BCUT2D eigenvalue weighted by molar-refractivity contribution is 0.0638. The number of aromatic nitrogens is 2. The van der Waals surface area contributed by atoms with E-state index < -0.39 is 0 Å². The van der Waals surface area contributed by atoms with E-state index in [1.807, 2.05) is 25.1 Å². The molecule has 2 heterocycles. The molecule has 2 unspecified atom stereocenters. The third-order valence-corrected chi connectivity index (χ3v) is 4.08. The zero-order valence-electron chi connectivity index (χ0n) is 12.3. The summed E-state index contributed by atoms with van der Waals surface area (Å²) in [5, 5.41) is 7.67. The van der Waals surface area contributed by atoms with Crippen LogP contribution in [0.1, 0.15) is 36.5 Å². The van der Waals surface area contributed by atoms with Crippen LogP contribution in [0.15, 0.2) is 6.07 Å². The van der Waals surface area contributed by atoms with E-state index >= 15 is 0 Å². The molecule has 1 aliphatic heterocycles. The number of hydrogen-bond acceptors (Lipinski definition) is 3. The van der Waals surface area contributed by atoms with Gasteiger partial charge >= 0.3 is 0 Å². The molecule has 1 N–H and O–H groups in total. The van der Waals surface area contributed by atoms with E-state index in [2.05, 4.69) is 24.3 Å². The number of piperidine rings is 1. The van der Waals surface area contributed by atoms with Crippen LogP contribution in [-0.4, -0.2) is 46.8 Å². The van der Waals surface area contributed by atoms with Crippen molar-refractivity contribution in [3.8, 4) is 0 Å². The molecule has 106 valence electrons. The number of nitrogens with zero attached hydrogens (tertiary/aromatic N) is 3. The maximum absolute atomic E-state index is 12.5. The number of carbonyl (C=O) groups excluding carboxylic acids is 1. The summed E-state index contributed by atoms with van der Waals surface area (Å²) in [4.78, 5) is 14.5. The Balaban J connectivity index is 2.10. The molecule has 0 aliphatic carbocycles. The third-order valence-electron chi connectivity index (χ3n) is 4.08. The molecule has 1 saturated heterocycles. The summed E-state index contributed by atoms with van der Waals surface area (Å²) in [5.74, 6) is 0.595. The summed E-state index contributed by atoms with van der Waals surface area (Å²) in [6, 6.07) is 2.43. The molecule has 0 aromatic carbocycles. The number of rotatable bonds is 3. The molecule has 5 nitrogen and oxygen atoms in total. The number of hydrogen-bond donors (Lipinski definition) is 1. The Morgan fingerprint density at radius 1 is 1.58 bits per heavy atom. The van der Waals surface area contributed by atoms with Gasteiger partial charge in [0.05, 0.1) is 5.69 Å². The predicted molar refractivity (Wildman–Crippen MR) is 75.1 cm³/mol. The van der Waals surface area contributed by atoms with Crippen LogP contribution in [0.25, 0.3) is 0 Å². The molecule has 1 aliphatic rings. The van der Waals surface area contributed by atoms with Gasteiger partial charge in [0.1, 0.15) is 5.69 Å². The standard InChI is InChI=1S/C14H24N4O/c1-5-11-8-13(17(4)16-11)14(19)18-7-6-12(15-3)10(2)9-18/h8,10,12,15H,5-7,9H2,1-4H3. The number of nitrogens with one attached hydrogen (secondary N) is 1. The van der Waals surface area contributed by atoms with E-state index in [-0.39, 0.29) is 5.91 Å². The number of amides is 1. The Morgan fingerprint density at radius 3 is 2.84 bits per heavy atom. The van der Waals surface area contributed by atoms with E-state index in [4.69, 9.17) is 0 Å². The minimum absolute atomic E-state index is 0.108. The van der Waals surface area contributed by atoms with E-state index in [0.29, 0.717) is 17.7 Å². The Kier molecular flexibility index (Phi) is 4.24. The molecule has 0 saturated carbocycles. The molecule has 2 rings (SSSR count). The maximum atomic E-state index is 12.5. The molecule has 5 heteroatoms. The average molecular weight is 264 g/mol. The van der Waals surface area contributed by atoms with Gasteiger partial charge in [-0.15, -0.1) is 0 Å². The van der Waals surface area contributed by atoms with Gasteiger partial charge in [-0.25, -0.2) is 0 Å². The van der Waals surface area contributed by atoms with Crippen molar-refractivity contribution >= 4 is 5.91 Å². The maximum Gasteiger partial charge on any atom is 0.272 e. The molecule has 0 bridgehead atoms. The Hall–Kier alpha value is -1.36. The highest BCUT2D eigenvalue weighted by molar-refractivity contribution is 5.92. The lowest BCUT2D eigenvalue weighted by Gasteiger charge is -2.36. The second kappa shape index (κ2) is 5.74. The number of aryl methyl sites for hydroxylation is 2. The lowest BCUT2D eigenvalue weighted by atomic mass is 9.94. The van der Waals surface area contributed by atoms with Crippen LogP contribution in [0.2, 0.25) is 0 Å². The quantitative estimate of drug-likeness (QED) is 0.888. The van der Waals surface area contributed by atoms with Gasteiger partial charge in [0.25, 0.3) is 5.91 Å². The molecular formula is C14H24N4O. The SMILES string of the molecule is CCc1cc(C(=O)N2CCC(NC)C(C)C2)n(C)n1. The van der Waals surface area contributed by atoms with Gasteiger partial charge in [-0.1, -0.05) is 13.8 Å². The van der Waals surface area contributed by atoms with Crippen molar-refractivity contribution in [2.24, 2.45) is 13.0 Å². The highest BCUT2D eigenvalue weighted by Crippen LogP contribution is 2.19. The smallest absolute Gasteiger partial charge is 0.272 e. The molecule has 0 radical (unpaired) electrons. The summed E-state index contributed by atoms with van der Waals surface area (Å²) in [5.41, 5.74) is 1.68. The van der Waals surface area contributed by atoms with Crippen LogP contribution in [0.4, 0.5) is 0 Å². The summed E-state index contributed by atoms with van der Waals surface area (Å²) in [6.07, 6.45) is 1.88. The first kappa shape index (κ1) is 14.1. The van der Waals surface area contributed by atoms with Crippen LogP contribution < -0.4 is 5.32 Å². The molecular weight excluding hydrogens is 240 g/mol. The fourth-order valence-electron chi connectivity index (χ4n) is 2.82. The molecule has 2 atom stereocenters. The van der Waals surface area contributed by atoms with E-state index in [9.17, 15) is 4.79 Å². The molecule has 1 amide bonds. The van der Waals surface area contributed by atoms with Crippen LogP contribution >= 0.6 is 0 Å². The van der Waals surface area contributed by atoms with Gasteiger partial charge in [-0.3, -0.25) is 9.48 Å². The third kappa shape index (κ3) is 2.81. The van der Waals surface area contributed by atoms with Gasteiger partial charge in [0.2, 0.25) is 0 Å². The number of carbonyl (C=O) groups is 1. The monoisotopic (exact) mass is 264 g/mol. The molecule has 1 fully saturated rings. The first-order valence-corrected chi connectivity index (χ1v) is 7.06. The van der Waals surface area contributed by atoms with Gasteiger partial charge in [-0.05, 0) is 31.9 Å². The predicted octanol–water partition coefficient (Wildman–Crippen LogP) is 1.05. The second-order valence-corrected chi connectivity index (χ2v) is 5.41. The Bertz CT molecular complexity index is 454. The average Bonchev–Trinajstić information content (AvgIpc) is 2.79. The van der Waals surface area contributed by atoms with Gasteiger partial charge < -0.3 is 10.2 Å². The van der Waals surface area contributed by atoms with Crippen molar-refractivity contribution in [1.29, 1.82) is 0 Å². The highest BCUT2D eigenvalue weighted by Gasteiger charge is 2.29. The first-order chi connectivity index (χ1) is 9.06. The number of likely N-dealkylation sites (tertiary alicyclic amines) is 1. The van der Waals surface area contributed by atoms with Crippen molar-refractivity contribution in [2.75, 3.05) is 20.1 Å². The van der Waals surface area contributed by atoms with Crippen LogP contribution in [0, 0.1) is 5.92 Å². The van der Waals surface area contributed by atoms with Gasteiger partial charge in [0.15, 0.2) is 0 Å². The largest absolute Gasteiger partial charge is 0.337 e. The van der Waals surface area contributed by atoms with Crippen LogP contribution in [0.5, 0.6) is 0 Å². The first-order valence-electron chi connectivity index (χ1n) is 7.06. The topological polar surface area (TPSA) is 50.2 Å². The molecule has 19 heavy (non-hydrogen) atoms. The van der Waals surface area contributed by atoms with Crippen LogP contribution in [0.3, 0.4) is 0 Å². The van der Waals surface area contributed by atoms with Crippen molar-refractivity contribution in [3.05, 3.63) is 17.5 Å². The lowest BCUT2D eigenvalue weighted by Crippen LogP contribution is -2.49. The normalized spacial score (nSPS) is 23.7. The van der Waals surface area contributed by atoms with E-state index in [1.165, 1.54) is 0 Å². The summed E-state index contributed by atoms with van der Waals surface area (Å²) >= 11 is 0. The summed E-state index contributed by atoms with van der Waals surface area (Å²) in [6.45, 7) is 5.89. The van der Waals surface area contributed by atoms with Crippen molar-refractivity contribution in [3.63, 3.8) is 0 Å². The molecule has 0 spiro atoms. The summed E-state index contributed by atoms with van der Waals surface area (Å²) in [7, 11) is 3.84.